The van der Waals surface area contributed by atoms with E-state index < -0.39 is 6.10 Å². The SMILES string of the molecule is CC[C@H](Oc1ccc(Cl)cc1)C(=O)N[C@@H](C)COc1ccc(OC)cc1. The first-order valence-corrected chi connectivity index (χ1v) is 8.89. The number of hydrogen-bond acceptors (Lipinski definition) is 4. The van der Waals surface area contributed by atoms with Gasteiger partial charge in [-0.25, -0.2) is 0 Å². The van der Waals surface area contributed by atoms with E-state index >= 15 is 0 Å². The number of ether oxygens (including phenoxy) is 3. The van der Waals surface area contributed by atoms with Crippen LogP contribution in [0.3, 0.4) is 0 Å². The number of rotatable bonds is 9. The zero-order chi connectivity index (χ0) is 18.9. The molecule has 2 aromatic carbocycles. The summed E-state index contributed by atoms with van der Waals surface area (Å²) >= 11 is 5.86. The van der Waals surface area contributed by atoms with Crippen molar-refractivity contribution in [1.82, 2.24) is 5.32 Å². The summed E-state index contributed by atoms with van der Waals surface area (Å²) in [5.41, 5.74) is 0. The molecule has 0 saturated heterocycles. The second-order valence-corrected chi connectivity index (χ2v) is 6.30. The quantitative estimate of drug-likeness (QED) is 0.715. The van der Waals surface area contributed by atoms with Gasteiger partial charge in [-0.3, -0.25) is 4.79 Å². The van der Waals surface area contributed by atoms with Gasteiger partial charge in [-0.2, -0.15) is 0 Å². The molecule has 0 radical (unpaired) electrons. The molecule has 2 atom stereocenters. The maximum atomic E-state index is 12.4. The molecule has 5 nitrogen and oxygen atoms in total. The zero-order valence-corrected chi connectivity index (χ0v) is 16.0. The lowest BCUT2D eigenvalue weighted by molar-refractivity contribution is -0.128. The minimum Gasteiger partial charge on any atom is -0.497 e. The highest BCUT2D eigenvalue weighted by Gasteiger charge is 2.20. The summed E-state index contributed by atoms with van der Waals surface area (Å²) in [5.74, 6) is 1.92. The van der Waals surface area contributed by atoms with Crippen LogP contribution in [0.15, 0.2) is 48.5 Å². The highest BCUT2D eigenvalue weighted by Crippen LogP contribution is 2.18. The number of hydrogen-bond donors (Lipinski definition) is 1. The lowest BCUT2D eigenvalue weighted by atomic mass is 10.2. The van der Waals surface area contributed by atoms with E-state index in [0.29, 0.717) is 23.8 Å². The molecule has 0 aliphatic carbocycles. The molecule has 0 heterocycles. The molecule has 1 N–H and O–H groups in total. The summed E-state index contributed by atoms with van der Waals surface area (Å²) in [6.45, 7) is 4.14. The highest BCUT2D eigenvalue weighted by atomic mass is 35.5. The largest absolute Gasteiger partial charge is 0.497 e. The van der Waals surface area contributed by atoms with Crippen LogP contribution in [0.25, 0.3) is 0 Å². The summed E-state index contributed by atoms with van der Waals surface area (Å²) in [5, 5.41) is 3.54. The average Bonchev–Trinajstić information content (AvgIpc) is 2.66. The maximum absolute atomic E-state index is 12.4. The molecule has 2 aromatic rings. The third-order valence-electron chi connectivity index (χ3n) is 3.70. The lowest BCUT2D eigenvalue weighted by Gasteiger charge is -2.21. The van der Waals surface area contributed by atoms with Gasteiger partial charge < -0.3 is 19.5 Å². The number of carbonyl (C=O) groups is 1. The van der Waals surface area contributed by atoms with E-state index in [-0.39, 0.29) is 11.9 Å². The Labute approximate surface area is 159 Å². The van der Waals surface area contributed by atoms with E-state index in [1.54, 1.807) is 31.4 Å². The van der Waals surface area contributed by atoms with Crippen LogP contribution < -0.4 is 19.5 Å². The molecule has 0 aliphatic heterocycles. The molecular weight excluding hydrogens is 354 g/mol. The molecular formula is C20H24ClNO4. The fourth-order valence-electron chi connectivity index (χ4n) is 2.27. The lowest BCUT2D eigenvalue weighted by Crippen LogP contribution is -2.44. The number of halogens is 1. The Morgan fingerprint density at radius 2 is 1.62 bits per heavy atom. The minimum atomic E-state index is -0.570. The van der Waals surface area contributed by atoms with Gasteiger partial charge in [-0.1, -0.05) is 18.5 Å². The van der Waals surface area contributed by atoms with Gasteiger partial charge >= 0.3 is 0 Å². The van der Waals surface area contributed by atoms with Crippen LogP contribution in [0.2, 0.25) is 5.02 Å². The third-order valence-corrected chi connectivity index (χ3v) is 3.96. The third kappa shape index (κ3) is 6.15. The standard InChI is InChI=1S/C20H24ClNO4/c1-4-19(26-18-7-5-15(21)6-8-18)20(23)22-14(2)13-25-17-11-9-16(24-3)10-12-17/h5-12,14,19H,4,13H2,1-3H3,(H,22,23)/t14-,19-/m0/s1. The van der Waals surface area contributed by atoms with Gasteiger partial charge in [-0.15, -0.1) is 0 Å². The molecule has 0 aliphatic rings. The van der Waals surface area contributed by atoms with Crippen LogP contribution in [0.1, 0.15) is 20.3 Å². The van der Waals surface area contributed by atoms with Crippen LogP contribution in [0.4, 0.5) is 0 Å². The molecule has 140 valence electrons. The monoisotopic (exact) mass is 377 g/mol. The fourth-order valence-corrected chi connectivity index (χ4v) is 2.40. The van der Waals surface area contributed by atoms with E-state index in [2.05, 4.69) is 5.32 Å². The molecule has 0 unspecified atom stereocenters. The molecule has 0 fully saturated rings. The van der Waals surface area contributed by atoms with Gasteiger partial charge in [0.15, 0.2) is 6.10 Å². The Morgan fingerprint density at radius 3 is 2.19 bits per heavy atom. The molecule has 0 spiro atoms. The van der Waals surface area contributed by atoms with Crippen molar-refractivity contribution in [2.24, 2.45) is 0 Å². The predicted molar refractivity (Wildman–Crippen MR) is 102 cm³/mol. The first kappa shape index (κ1) is 19.9. The van der Waals surface area contributed by atoms with Crippen LogP contribution in [0.5, 0.6) is 17.2 Å². The van der Waals surface area contributed by atoms with Gasteiger partial charge in [0, 0.05) is 5.02 Å². The van der Waals surface area contributed by atoms with Gasteiger partial charge in [0.05, 0.1) is 13.2 Å². The van der Waals surface area contributed by atoms with Crippen LogP contribution in [-0.2, 0) is 4.79 Å². The van der Waals surface area contributed by atoms with Crippen molar-refractivity contribution in [3.63, 3.8) is 0 Å². The van der Waals surface area contributed by atoms with Crippen molar-refractivity contribution in [2.45, 2.75) is 32.4 Å². The van der Waals surface area contributed by atoms with Crippen molar-refractivity contribution in [1.29, 1.82) is 0 Å². The zero-order valence-electron chi connectivity index (χ0n) is 15.2. The van der Waals surface area contributed by atoms with E-state index in [1.165, 1.54) is 0 Å². The van der Waals surface area contributed by atoms with E-state index in [9.17, 15) is 4.79 Å². The van der Waals surface area contributed by atoms with Gasteiger partial charge in [0.1, 0.15) is 23.9 Å². The van der Waals surface area contributed by atoms with Crippen molar-refractivity contribution >= 4 is 17.5 Å². The Balaban J connectivity index is 1.82. The van der Waals surface area contributed by atoms with Crippen molar-refractivity contribution in [3.05, 3.63) is 53.6 Å². The highest BCUT2D eigenvalue weighted by molar-refractivity contribution is 6.30. The molecule has 0 aromatic heterocycles. The molecule has 0 bridgehead atoms. The summed E-state index contributed by atoms with van der Waals surface area (Å²) in [7, 11) is 1.61. The molecule has 1 amide bonds. The van der Waals surface area contributed by atoms with Crippen LogP contribution >= 0.6 is 11.6 Å². The van der Waals surface area contributed by atoms with Gasteiger partial charge in [0.25, 0.3) is 5.91 Å². The summed E-state index contributed by atoms with van der Waals surface area (Å²) in [6.07, 6.45) is -0.0137. The number of carbonyl (C=O) groups excluding carboxylic acids is 1. The van der Waals surface area contributed by atoms with Gasteiger partial charge in [0.2, 0.25) is 0 Å². The van der Waals surface area contributed by atoms with Gasteiger partial charge in [-0.05, 0) is 61.9 Å². The van der Waals surface area contributed by atoms with E-state index in [0.717, 1.165) is 11.5 Å². The minimum absolute atomic E-state index is 0.160. The number of nitrogens with one attached hydrogen (secondary N) is 1. The van der Waals surface area contributed by atoms with Crippen LogP contribution in [-0.4, -0.2) is 31.8 Å². The topological polar surface area (TPSA) is 56.8 Å². The van der Waals surface area contributed by atoms with E-state index in [4.69, 9.17) is 25.8 Å². The first-order chi connectivity index (χ1) is 12.5. The Bertz CT molecular complexity index is 688. The molecule has 0 saturated carbocycles. The van der Waals surface area contributed by atoms with E-state index in [1.807, 2.05) is 38.1 Å². The second-order valence-electron chi connectivity index (χ2n) is 5.86. The van der Waals surface area contributed by atoms with Crippen molar-refractivity contribution < 1.29 is 19.0 Å². The Kier molecular flexibility index (Phi) is 7.60. The average molecular weight is 378 g/mol. The normalized spacial score (nSPS) is 12.8. The number of methoxy groups -OCH3 is 1. The molecule has 6 heteroatoms. The number of benzene rings is 2. The Morgan fingerprint density at radius 1 is 1.04 bits per heavy atom. The summed E-state index contributed by atoms with van der Waals surface area (Å²) in [6, 6.07) is 14.1. The second kappa shape index (κ2) is 9.92. The summed E-state index contributed by atoms with van der Waals surface area (Å²) < 4.78 is 16.5. The maximum Gasteiger partial charge on any atom is 0.261 e. The molecule has 26 heavy (non-hydrogen) atoms. The fraction of sp³-hybridized carbons (Fsp3) is 0.350. The predicted octanol–water partition coefficient (Wildman–Crippen LogP) is 4.09. The first-order valence-electron chi connectivity index (χ1n) is 8.51. The summed E-state index contributed by atoms with van der Waals surface area (Å²) in [4.78, 5) is 12.4. The molecule has 2 rings (SSSR count). The smallest absolute Gasteiger partial charge is 0.261 e. The van der Waals surface area contributed by atoms with Crippen molar-refractivity contribution in [2.75, 3.05) is 13.7 Å². The van der Waals surface area contributed by atoms with Crippen LogP contribution in [0, 0.1) is 0 Å². The number of amides is 1. The Hall–Kier alpha value is -2.40. The van der Waals surface area contributed by atoms with Crippen molar-refractivity contribution in [3.8, 4) is 17.2 Å².